The van der Waals surface area contributed by atoms with E-state index in [0.717, 1.165) is 4.31 Å². The molecule has 0 aliphatic rings. The van der Waals surface area contributed by atoms with E-state index < -0.39 is 15.9 Å². The molecule has 8 nitrogen and oxygen atoms in total. The molecule has 0 aliphatic carbocycles. The third-order valence-corrected chi connectivity index (χ3v) is 7.02. The van der Waals surface area contributed by atoms with Crippen LogP contribution in [0.1, 0.15) is 10.4 Å². The lowest BCUT2D eigenvalue weighted by Crippen LogP contribution is -2.22. The lowest BCUT2D eigenvalue weighted by molar-refractivity contribution is 0.102. The summed E-state index contributed by atoms with van der Waals surface area (Å²) in [5.74, 6) is 0.659. The topological polar surface area (TPSA) is 106 Å². The van der Waals surface area contributed by atoms with E-state index >= 15 is 0 Å². The number of nitrogens with one attached hydrogen (secondary N) is 1. The molecule has 3 aromatic heterocycles. The van der Waals surface area contributed by atoms with Crippen LogP contribution in [0.2, 0.25) is 0 Å². The molecule has 0 saturated heterocycles. The number of benzene rings is 1. The van der Waals surface area contributed by atoms with Gasteiger partial charge in [0.2, 0.25) is 10.0 Å². The lowest BCUT2D eigenvalue weighted by Gasteiger charge is -2.12. The molecular weight excluding hydrogens is 426 g/mol. The lowest BCUT2D eigenvalue weighted by atomic mass is 10.2. The van der Waals surface area contributed by atoms with Gasteiger partial charge in [0, 0.05) is 19.7 Å². The first-order chi connectivity index (χ1) is 14.4. The molecule has 0 spiro atoms. The predicted octanol–water partition coefficient (Wildman–Crippen LogP) is 4.17. The minimum atomic E-state index is -3.65. The maximum Gasteiger partial charge on any atom is 0.257 e. The number of nitrogens with zero attached hydrogens (tertiary/aromatic N) is 2. The van der Waals surface area contributed by atoms with Gasteiger partial charge in [-0.3, -0.25) is 10.1 Å². The highest BCUT2D eigenvalue weighted by Crippen LogP contribution is 2.39. The van der Waals surface area contributed by atoms with E-state index in [-0.39, 0.29) is 10.5 Å². The molecule has 3 heterocycles. The number of rotatable bonds is 6. The molecule has 10 heteroatoms. The van der Waals surface area contributed by atoms with Gasteiger partial charge in [0.15, 0.2) is 10.9 Å². The zero-order valence-corrected chi connectivity index (χ0v) is 17.7. The first-order valence-corrected chi connectivity index (χ1v) is 11.0. The van der Waals surface area contributed by atoms with Gasteiger partial charge in [-0.05, 0) is 42.5 Å². The highest BCUT2D eigenvalue weighted by molar-refractivity contribution is 7.89. The number of carbonyl (C=O) groups excluding carboxylic acids is 1. The molecule has 4 aromatic rings. The Balaban J connectivity index is 1.66. The molecule has 0 atom stereocenters. The summed E-state index contributed by atoms with van der Waals surface area (Å²) < 4.78 is 36.7. The summed E-state index contributed by atoms with van der Waals surface area (Å²) in [6.07, 6.45) is 3.09. The van der Waals surface area contributed by atoms with E-state index in [4.69, 9.17) is 8.83 Å². The van der Waals surface area contributed by atoms with Gasteiger partial charge < -0.3 is 8.83 Å². The first kappa shape index (κ1) is 20.1. The SMILES string of the molecule is CN(C)S(=O)(=O)c1cccc(C(=O)Nc2nc(-c3ccco3)c(-c3ccco3)s2)c1. The van der Waals surface area contributed by atoms with Crippen molar-refractivity contribution in [1.82, 2.24) is 9.29 Å². The van der Waals surface area contributed by atoms with E-state index in [1.54, 1.807) is 36.6 Å². The van der Waals surface area contributed by atoms with E-state index in [0.29, 0.717) is 27.2 Å². The van der Waals surface area contributed by atoms with Crippen LogP contribution in [0.4, 0.5) is 5.13 Å². The van der Waals surface area contributed by atoms with Crippen molar-refractivity contribution in [3.63, 3.8) is 0 Å². The molecule has 1 N–H and O–H groups in total. The summed E-state index contributed by atoms with van der Waals surface area (Å²) >= 11 is 1.23. The Hall–Kier alpha value is -3.21. The fraction of sp³-hybridized carbons (Fsp3) is 0.100. The van der Waals surface area contributed by atoms with Crippen LogP contribution in [-0.2, 0) is 10.0 Å². The summed E-state index contributed by atoms with van der Waals surface area (Å²) in [7, 11) is -0.783. The maximum atomic E-state index is 12.8. The van der Waals surface area contributed by atoms with Crippen molar-refractivity contribution in [2.45, 2.75) is 4.90 Å². The highest BCUT2D eigenvalue weighted by Gasteiger charge is 2.22. The summed E-state index contributed by atoms with van der Waals surface area (Å²) in [5.41, 5.74) is 0.742. The van der Waals surface area contributed by atoms with Gasteiger partial charge in [0.25, 0.3) is 5.91 Å². The number of amides is 1. The fourth-order valence-electron chi connectivity index (χ4n) is 2.71. The van der Waals surface area contributed by atoms with Gasteiger partial charge >= 0.3 is 0 Å². The van der Waals surface area contributed by atoms with Gasteiger partial charge in [0.1, 0.15) is 16.3 Å². The van der Waals surface area contributed by atoms with Gasteiger partial charge in [-0.1, -0.05) is 17.4 Å². The summed E-state index contributed by atoms with van der Waals surface area (Å²) in [5, 5.41) is 3.06. The fourth-order valence-corrected chi connectivity index (χ4v) is 4.59. The van der Waals surface area contributed by atoms with E-state index in [9.17, 15) is 13.2 Å². The Kier molecular flexibility index (Phi) is 5.29. The monoisotopic (exact) mass is 443 g/mol. The van der Waals surface area contributed by atoms with Crippen molar-refractivity contribution >= 4 is 32.4 Å². The molecular formula is C20H17N3O5S2. The average molecular weight is 444 g/mol. The standard InChI is InChI=1S/C20H17N3O5S2/c1-23(2)30(25,26)14-7-3-6-13(12-14)19(24)22-20-21-17(15-8-4-10-27-15)18(29-20)16-9-5-11-28-16/h3-12H,1-2H3,(H,21,22,24). The van der Waals surface area contributed by atoms with Gasteiger partial charge in [-0.15, -0.1) is 0 Å². The third kappa shape index (κ3) is 3.80. The van der Waals surface area contributed by atoms with Crippen molar-refractivity contribution in [3.8, 4) is 22.1 Å². The van der Waals surface area contributed by atoms with Crippen molar-refractivity contribution in [3.05, 3.63) is 66.6 Å². The molecule has 30 heavy (non-hydrogen) atoms. The number of thiazole rings is 1. The molecule has 0 aliphatic heterocycles. The number of sulfonamides is 1. The summed E-state index contributed by atoms with van der Waals surface area (Å²) in [6, 6.07) is 12.9. The Bertz CT molecular complexity index is 1220. The quantitative estimate of drug-likeness (QED) is 0.480. The van der Waals surface area contributed by atoms with Crippen LogP contribution in [0.3, 0.4) is 0 Å². The number of aromatic nitrogens is 1. The smallest absolute Gasteiger partial charge is 0.257 e. The molecule has 0 radical (unpaired) electrons. The summed E-state index contributed by atoms with van der Waals surface area (Å²) in [6.45, 7) is 0. The zero-order valence-electron chi connectivity index (χ0n) is 16.0. The Labute approximate surface area is 176 Å². The predicted molar refractivity (Wildman–Crippen MR) is 113 cm³/mol. The minimum Gasteiger partial charge on any atom is -0.463 e. The third-order valence-electron chi connectivity index (χ3n) is 4.22. The zero-order chi connectivity index (χ0) is 21.3. The molecule has 0 saturated carbocycles. The molecule has 0 bridgehead atoms. The first-order valence-electron chi connectivity index (χ1n) is 8.79. The molecule has 1 amide bonds. The second kappa shape index (κ2) is 7.90. The van der Waals surface area contributed by atoms with Crippen molar-refractivity contribution in [2.24, 2.45) is 0 Å². The number of anilines is 1. The van der Waals surface area contributed by atoms with Gasteiger partial charge in [-0.25, -0.2) is 17.7 Å². The van der Waals surface area contributed by atoms with E-state index in [2.05, 4.69) is 10.3 Å². The van der Waals surface area contributed by atoms with Crippen LogP contribution in [0, 0.1) is 0 Å². The molecule has 0 fully saturated rings. The number of furan rings is 2. The van der Waals surface area contributed by atoms with Crippen LogP contribution in [0.25, 0.3) is 22.1 Å². The van der Waals surface area contributed by atoms with Crippen LogP contribution >= 0.6 is 11.3 Å². The second-order valence-electron chi connectivity index (χ2n) is 6.42. The Morgan fingerprint density at radius 2 is 1.73 bits per heavy atom. The van der Waals surface area contributed by atoms with Crippen molar-refractivity contribution < 1.29 is 22.0 Å². The largest absolute Gasteiger partial charge is 0.463 e. The van der Waals surface area contributed by atoms with Crippen LogP contribution < -0.4 is 5.32 Å². The molecule has 0 unspecified atom stereocenters. The Morgan fingerprint density at radius 1 is 1.03 bits per heavy atom. The molecule has 4 rings (SSSR count). The average Bonchev–Trinajstić information content (AvgIpc) is 3.48. The van der Waals surface area contributed by atoms with Crippen LogP contribution in [0.15, 0.2) is 74.8 Å². The Morgan fingerprint density at radius 3 is 2.37 bits per heavy atom. The maximum absolute atomic E-state index is 12.8. The minimum absolute atomic E-state index is 0.0341. The van der Waals surface area contributed by atoms with Gasteiger partial charge in [0.05, 0.1) is 17.4 Å². The highest BCUT2D eigenvalue weighted by atomic mass is 32.2. The van der Waals surface area contributed by atoms with Crippen molar-refractivity contribution in [1.29, 1.82) is 0 Å². The normalized spacial score (nSPS) is 11.7. The number of hydrogen-bond donors (Lipinski definition) is 1. The molecule has 154 valence electrons. The summed E-state index contributed by atoms with van der Waals surface area (Å²) in [4.78, 5) is 18.0. The van der Waals surface area contributed by atoms with E-state index in [1.165, 1.54) is 49.9 Å². The van der Waals surface area contributed by atoms with Gasteiger partial charge in [-0.2, -0.15) is 0 Å². The van der Waals surface area contributed by atoms with Crippen molar-refractivity contribution in [2.75, 3.05) is 19.4 Å². The second-order valence-corrected chi connectivity index (χ2v) is 9.57. The van der Waals surface area contributed by atoms with E-state index in [1.807, 2.05) is 0 Å². The molecule has 1 aromatic carbocycles. The number of carbonyl (C=O) groups is 1. The van der Waals surface area contributed by atoms with Crippen LogP contribution in [-0.4, -0.2) is 37.7 Å². The van der Waals surface area contributed by atoms with Crippen LogP contribution in [0.5, 0.6) is 0 Å². The number of hydrogen-bond acceptors (Lipinski definition) is 7.